The average Bonchev–Trinajstić information content (AvgIpc) is 2.64. The van der Waals surface area contributed by atoms with Crippen LogP contribution < -0.4 is 16.2 Å². The molecule has 154 valence electrons. The molecule has 7 nitrogen and oxygen atoms in total. The molecule has 1 aromatic rings. The van der Waals surface area contributed by atoms with Crippen LogP contribution in [-0.2, 0) is 16.1 Å². The van der Waals surface area contributed by atoms with Gasteiger partial charge in [0.25, 0.3) is 0 Å². The van der Waals surface area contributed by atoms with Crippen LogP contribution in [0.15, 0.2) is 24.3 Å². The van der Waals surface area contributed by atoms with Gasteiger partial charge in [0.05, 0.1) is 0 Å². The van der Waals surface area contributed by atoms with Crippen LogP contribution in [0.4, 0.5) is 9.18 Å². The zero-order valence-electron chi connectivity index (χ0n) is 16.4. The van der Waals surface area contributed by atoms with Crippen LogP contribution >= 0.6 is 12.2 Å². The van der Waals surface area contributed by atoms with E-state index in [1.165, 1.54) is 12.1 Å². The van der Waals surface area contributed by atoms with Gasteiger partial charge in [-0.05, 0) is 63.5 Å². The van der Waals surface area contributed by atoms with Gasteiger partial charge in [0, 0.05) is 25.6 Å². The van der Waals surface area contributed by atoms with Crippen molar-refractivity contribution < 1.29 is 18.7 Å². The Morgan fingerprint density at radius 1 is 1.18 bits per heavy atom. The van der Waals surface area contributed by atoms with E-state index in [2.05, 4.69) is 16.2 Å². The van der Waals surface area contributed by atoms with Crippen molar-refractivity contribution in [2.75, 3.05) is 13.1 Å². The van der Waals surface area contributed by atoms with E-state index < -0.39 is 5.60 Å². The van der Waals surface area contributed by atoms with Gasteiger partial charge in [0.15, 0.2) is 5.11 Å². The zero-order chi connectivity index (χ0) is 20.7. The van der Waals surface area contributed by atoms with Crippen LogP contribution in [0.5, 0.6) is 0 Å². The Morgan fingerprint density at radius 2 is 1.79 bits per heavy atom. The van der Waals surface area contributed by atoms with Gasteiger partial charge in [-0.1, -0.05) is 12.1 Å². The smallest absolute Gasteiger partial charge is 0.410 e. The van der Waals surface area contributed by atoms with Crippen molar-refractivity contribution in [3.8, 4) is 0 Å². The molecule has 0 aromatic heterocycles. The first-order valence-corrected chi connectivity index (χ1v) is 9.61. The number of amides is 2. The van der Waals surface area contributed by atoms with E-state index in [1.54, 1.807) is 17.0 Å². The summed E-state index contributed by atoms with van der Waals surface area (Å²) in [6.45, 7) is 6.83. The molecule has 1 aromatic carbocycles. The fraction of sp³-hybridized carbons (Fsp3) is 0.526. The highest BCUT2D eigenvalue weighted by molar-refractivity contribution is 7.80. The number of rotatable bonds is 3. The predicted octanol–water partition coefficient (Wildman–Crippen LogP) is 2.47. The van der Waals surface area contributed by atoms with E-state index in [0.717, 1.165) is 5.56 Å². The second-order valence-corrected chi connectivity index (χ2v) is 8.07. The number of carbonyl (C=O) groups is 2. The molecule has 2 rings (SSSR count). The molecule has 9 heteroatoms. The maximum atomic E-state index is 12.9. The highest BCUT2D eigenvalue weighted by Crippen LogP contribution is 2.19. The minimum absolute atomic E-state index is 0.172. The van der Waals surface area contributed by atoms with E-state index in [-0.39, 0.29) is 28.8 Å². The highest BCUT2D eigenvalue weighted by atomic mass is 32.1. The molecule has 0 radical (unpaired) electrons. The molecule has 1 aliphatic heterocycles. The fourth-order valence-electron chi connectivity index (χ4n) is 2.70. The van der Waals surface area contributed by atoms with Crippen LogP contribution in [0.1, 0.15) is 39.2 Å². The minimum atomic E-state index is -0.536. The predicted molar refractivity (Wildman–Crippen MR) is 108 cm³/mol. The Morgan fingerprint density at radius 3 is 2.36 bits per heavy atom. The molecule has 0 unspecified atom stereocenters. The maximum absolute atomic E-state index is 12.9. The Kier molecular flexibility index (Phi) is 7.56. The molecule has 3 N–H and O–H groups in total. The van der Waals surface area contributed by atoms with E-state index in [4.69, 9.17) is 17.0 Å². The quantitative estimate of drug-likeness (QED) is 0.525. The molecule has 0 bridgehead atoms. The first kappa shape index (κ1) is 21.9. The molecule has 0 spiro atoms. The average molecular weight is 411 g/mol. The topological polar surface area (TPSA) is 82.7 Å². The van der Waals surface area contributed by atoms with Crippen molar-refractivity contribution in [2.24, 2.45) is 5.92 Å². The second-order valence-electron chi connectivity index (χ2n) is 7.67. The normalized spacial score (nSPS) is 14.9. The first-order chi connectivity index (χ1) is 13.1. The van der Waals surface area contributed by atoms with Gasteiger partial charge in [-0.15, -0.1) is 0 Å². The van der Waals surface area contributed by atoms with Crippen LogP contribution in [0, 0.1) is 11.7 Å². The molecular weight excluding hydrogens is 383 g/mol. The van der Waals surface area contributed by atoms with Gasteiger partial charge >= 0.3 is 6.09 Å². The number of nitrogens with zero attached hydrogens (tertiary/aromatic N) is 1. The molecule has 1 fully saturated rings. The van der Waals surface area contributed by atoms with Crippen LogP contribution in [0.25, 0.3) is 0 Å². The van der Waals surface area contributed by atoms with Crippen LogP contribution in [-0.4, -0.2) is 40.7 Å². The van der Waals surface area contributed by atoms with Gasteiger partial charge in [-0.3, -0.25) is 15.6 Å². The van der Waals surface area contributed by atoms with E-state index in [0.29, 0.717) is 32.5 Å². The van der Waals surface area contributed by atoms with Crippen molar-refractivity contribution in [1.29, 1.82) is 0 Å². The number of hydrogen-bond donors (Lipinski definition) is 3. The number of benzene rings is 1. The number of halogens is 1. The van der Waals surface area contributed by atoms with E-state index in [1.807, 2.05) is 20.8 Å². The van der Waals surface area contributed by atoms with Gasteiger partial charge in [-0.25, -0.2) is 9.18 Å². The number of nitrogens with one attached hydrogen (secondary N) is 3. The standard InChI is InChI=1S/C19H27FN4O3S/c1-19(2,3)27-18(26)24-10-8-14(9-11-24)16(25)22-23-17(28)21-12-13-4-6-15(20)7-5-13/h4-7,14H,8-12H2,1-3H3,(H,22,25)(H2,21,23,28). The van der Waals surface area contributed by atoms with Gasteiger partial charge < -0.3 is 15.0 Å². The van der Waals surface area contributed by atoms with Crippen molar-refractivity contribution in [3.05, 3.63) is 35.6 Å². The van der Waals surface area contributed by atoms with Gasteiger partial charge in [0.2, 0.25) is 5.91 Å². The number of ether oxygens (including phenoxy) is 1. The molecule has 28 heavy (non-hydrogen) atoms. The molecule has 1 aliphatic rings. The largest absolute Gasteiger partial charge is 0.444 e. The van der Waals surface area contributed by atoms with Gasteiger partial charge in [-0.2, -0.15) is 0 Å². The molecule has 0 aliphatic carbocycles. The van der Waals surface area contributed by atoms with E-state index in [9.17, 15) is 14.0 Å². The van der Waals surface area contributed by atoms with Crippen LogP contribution in [0.3, 0.4) is 0 Å². The lowest BCUT2D eigenvalue weighted by Crippen LogP contribution is -2.50. The molecule has 0 atom stereocenters. The first-order valence-electron chi connectivity index (χ1n) is 9.20. The lowest BCUT2D eigenvalue weighted by Gasteiger charge is -2.32. The minimum Gasteiger partial charge on any atom is -0.444 e. The number of thiocarbonyl (C=S) groups is 1. The number of likely N-dealkylation sites (tertiary alicyclic amines) is 1. The van der Waals surface area contributed by atoms with Crippen molar-refractivity contribution >= 4 is 29.3 Å². The molecule has 2 amide bonds. The Balaban J connectivity index is 1.67. The lowest BCUT2D eigenvalue weighted by molar-refractivity contribution is -0.127. The summed E-state index contributed by atoms with van der Waals surface area (Å²) in [5, 5.41) is 3.20. The summed E-state index contributed by atoms with van der Waals surface area (Å²) in [6, 6.07) is 6.06. The maximum Gasteiger partial charge on any atom is 0.410 e. The Bertz CT molecular complexity index is 698. The Labute approximate surface area is 170 Å². The summed E-state index contributed by atoms with van der Waals surface area (Å²) in [5.74, 6) is -0.671. The molecular formula is C19H27FN4O3S. The van der Waals surface area contributed by atoms with Crippen molar-refractivity contribution in [3.63, 3.8) is 0 Å². The number of piperidine rings is 1. The zero-order valence-corrected chi connectivity index (χ0v) is 17.2. The van der Waals surface area contributed by atoms with Crippen molar-refractivity contribution in [2.45, 2.75) is 45.8 Å². The summed E-state index contributed by atoms with van der Waals surface area (Å²) in [6.07, 6.45) is 0.765. The molecule has 1 heterocycles. The van der Waals surface area contributed by atoms with Gasteiger partial charge in [0.1, 0.15) is 11.4 Å². The van der Waals surface area contributed by atoms with Crippen LogP contribution in [0.2, 0.25) is 0 Å². The monoisotopic (exact) mass is 410 g/mol. The molecule has 1 saturated heterocycles. The summed E-state index contributed by atoms with van der Waals surface area (Å²) < 4.78 is 18.2. The third-order valence-corrected chi connectivity index (χ3v) is 4.43. The summed E-state index contributed by atoms with van der Waals surface area (Å²) in [4.78, 5) is 26.0. The number of carbonyl (C=O) groups excluding carboxylic acids is 2. The lowest BCUT2D eigenvalue weighted by atomic mass is 9.96. The number of hydrogen-bond acceptors (Lipinski definition) is 4. The number of hydrazine groups is 1. The summed E-state index contributed by atoms with van der Waals surface area (Å²) >= 11 is 5.12. The van der Waals surface area contributed by atoms with Crippen molar-refractivity contribution in [1.82, 2.24) is 21.1 Å². The fourth-order valence-corrected chi connectivity index (χ4v) is 2.82. The summed E-state index contributed by atoms with van der Waals surface area (Å²) in [5.41, 5.74) is 5.59. The SMILES string of the molecule is CC(C)(C)OC(=O)N1CCC(C(=O)NNC(=S)NCc2ccc(F)cc2)CC1. The summed E-state index contributed by atoms with van der Waals surface area (Å²) in [7, 11) is 0. The molecule has 0 saturated carbocycles. The third-order valence-electron chi connectivity index (χ3n) is 4.18. The highest BCUT2D eigenvalue weighted by Gasteiger charge is 2.29. The second kappa shape index (κ2) is 9.68. The van der Waals surface area contributed by atoms with E-state index >= 15 is 0 Å². The Hall–Kier alpha value is -2.42. The third kappa shape index (κ3) is 7.30.